The number of hydrogen-bond acceptors (Lipinski definition) is 6. The van der Waals surface area contributed by atoms with E-state index in [1.807, 2.05) is 0 Å². The number of rotatable bonds is 2. The molecule has 0 aliphatic carbocycles. The topological polar surface area (TPSA) is 120 Å². The molecule has 0 heterocycles. The third-order valence-electron chi connectivity index (χ3n) is 0.355. The molecular weight excluding hydrogens is 247 g/mol. The van der Waals surface area contributed by atoms with Gasteiger partial charge in [0.15, 0.2) is 0 Å². The van der Waals surface area contributed by atoms with E-state index >= 15 is 0 Å². The molecule has 0 bridgehead atoms. The zero-order chi connectivity index (χ0) is 10.1. The van der Waals surface area contributed by atoms with Gasteiger partial charge in [-0.15, -0.1) is 0 Å². The zero-order valence-corrected chi connectivity index (χ0v) is 13.1. The normalized spacial score (nSPS) is 7.21. The van der Waals surface area contributed by atoms with Crippen LogP contribution < -0.4 is 66.7 Å². The molecule has 68 valence electrons. The van der Waals surface area contributed by atoms with Crippen LogP contribution >= 0.6 is 0 Å². The predicted molar refractivity (Wildman–Crippen MR) is 35.6 cm³/mol. The molecule has 0 aromatic rings. The van der Waals surface area contributed by atoms with Gasteiger partial charge in [-0.1, -0.05) is 0 Å². The molecule has 0 radical (unpaired) electrons. The molecule has 0 saturated heterocycles. The first-order valence-electron chi connectivity index (χ1n) is 2.64. The van der Waals surface area contributed by atoms with Crippen molar-refractivity contribution in [3.8, 4) is 0 Å². The number of carboxylic acids is 3. The third kappa shape index (κ3) is 51.8. The van der Waals surface area contributed by atoms with Gasteiger partial charge >= 0.3 is 89.1 Å². The summed E-state index contributed by atoms with van der Waals surface area (Å²) in [5.74, 6) is -4.18. The molecule has 0 fully saturated rings. The van der Waals surface area contributed by atoms with Crippen LogP contribution in [0.5, 0.6) is 0 Å². The summed E-state index contributed by atoms with van der Waals surface area (Å²) in [5, 5.41) is 27.7. The van der Waals surface area contributed by atoms with Gasteiger partial charge in [0, 0.05) is 5.97 Å². The van der Waals surface area contributed by atoms with E-state index in [1.54, 1.807) is 0 Å². The fraction of sp³-hybridized carbons (Fsp3) is 0.167. The SMILES string of the molecule is CC(=O)[O-].O=C([O-])/C=C\C(=O)[O-].[Ca+2].[K+]. The van der Waals surface area contributed by atoms with Gasteiger partial charge in [0.25, 0.3) is 0 Å². The van der Waals surface area contributed by atoms with E-state index in [9.17, 15) is 19.8 Å². The van der Waals surface area contributed by atoms with E-state index in [1.165, 1.54) is 0 Å². The minimum absolute atomic E-state index is 0. The molecule has 0 saturated carbocycles. The molecular formula is C6H5CaKO6. The molecule has 0 spiro atoms. The van der Waals surface area contributed by atoms with Crippen molar-refractivity contribution in [1.82, 2.24) is 0 Å². The summed E-state index contributed by atoms with van der Waals surface area (Å²) >= 11 is 0. The molecule has 0 aromatic heterocycles. The van der Waals surface area contributed by atoms with Crippen LogP contribution in [0.3, 0.4) is 0 Å². The van der Waals surface area contributed by atoms with E-state index in [0.717, 1.165) is 6.92 Å². The maximum absolute atomic E-state index is 9.41. The molecule has 0 atom stereocenters. The minimum atomic E-state index is -1.55. The standard InChI is InChI=1S/C4H4O4.C2H4O2.Ca.K/c5-3(6)1-2-4(7)8;1-2(3)4;;/h1-2H,(H,5,6)(H,7,8);1H3,(H,3,4);;/q;;+2;+1/p-3/b2-1-;;;. The number of carboxylic acid groups (broad SMARTS) is 3. The van der Waals surface area contributed by atoms with Crippen LogP contribution in [0.25, 0.3) is 0 Å². The van der Waals surface area contributed by atoms with Gasteiger partial charge in [-0.3, -0.25) is 0 Å². The van der Waals surface area contributed by atoms with Crippen molar-refractivity contribution in [2.75, 3.05) is 0 Å². The molecule has 0 rings (SSSR count). The Hall–Kier alpha value is 1.05. The van der Waals surface area contributed by atoms with Gasteiger partial charge in [-0.25, -0.2) is 0 Å². The minimum Gasteiger partial charge on any atom is -0.550 e. The Morgan fingerprint density at radius 1 is 0.929 bits per heavy atom. The van der Waals surface area contributed by atoms with Gasteiger partial charge in [0.1, 0.15) is 0 Å². The Bertz CT molecular complexity index is 194. The fourth-order valence-corrected chi connectivity index (χ4v) is 0.136. The van der Waals surface area contributed by atoms with Crippen molar-refractivity contribution < 1.29 is 81.1 Å². The average Bonchev–Trinajstić information content (AvgIpc) is 1.82. The Morgan fingerprint density at radius 3 is 1.14 bits per heavy atom. The van der Waals surface area contributed by atoms with Crippen LogP contribution in [0.4, 0.5) is 0 Å². The number of hydrogen-bond donors (Lipinski definition) is 0. The Kier molecular flexibility index (Phi) is 28.6. The zero-order valence-electron chi connectivity index (χ0n) is 7.81. The van der Waals surface area contributed by atoms with Crippen LogP contribution in [-0.4, -0.2) is 55.6 Å². The average molecular weight is 252 g/mol. The van der Waals surface area contributed by atoms with Gasteiger partial charge in [0.05, 0.1) is 11.9 Å². The molecule has 0 aliphatic rings. The summed E-state index contributed by atoms with van der Waals surface area (Å²) in [6.45, 7) is 0.972. The van der Waals surface area contributed by atoms with E-state index in [4.69, 9.17) is 9.90 Å². The molecule has 0 N–H and O–H groups in total. The monoisotopic (exact) mass is 252 g/mol. The summed E-state index contributed by atoms with van der Waals surface area (Å²) in [6.07, 6.45) is 0.769. The summed E-state index contributed by atoms with van der Waals surface area (Å²) < 4.78 is 0. The second-order valence-corrected chi connectivity index (χ2v) is 1.46. The van der Waals surface area contributed by atoms with Gasteiger partial charge in [-0.2, -0.15) is 0 Å². The number of carbonyl (C=O) groups excluding carboxylic acids is 3. The molecule has 8 heteroatoms. The van der Waals surface area contributed by atoms with E-state index < -0.39 is 17.9 Å². The second-order valence-electron chi connectivity index (χ2n) is 1.46. The summed E-state index contributed by atoms with van der Waals surface area (Å²) in [5.41, 5.74) is 0. The van der Waals surface area contributed by atoms with Gasteiger partial charge in [0.2, 0.25) is 0 Å². The van der Waals surface area contributed by atoms with Crippen LogP contribution in [0.2, 0.25) is 0 Å². The second kappa shape index (κ2) is 16.5. The summed E-state index contributed by atoms with van der Waals surface area (Å²) in [7, 11) is 0. The molecule has 0 unspecified atom stereocenters. The van der Waals surface area contributed by atoms with Crippen molar-refractivity contribution in [3.05, 3.63) is 12.2 Å². The molecule has 0 aliphatic heterocycles. The van der Waals surface area contributed by atoms with Crippen molar-refractivity contribution >= 4 is 55.6 Å². The van der Waals surface area contributed by atoms with E-state index in [2.05, 4.69) is 0 Å². The number of carbonyl (C=O) groups is 3. The maximum Gasteiger partial charge on any atom is 2.00 e. The quantitative estimate of drug-likeness (QED) is 0.355. The third-order valence-corrected chi connectivity index (χ3v) is 0.355. The fourth-order valence-electron chi connectivity index (χ4n) is 0.136. The van der Waals surface area contributed by atoms with Crippen molar-refractivity contribution in [3.63, 3.8) is 0 Å². The Labute approximate surface area is 153 Å². The first kappa shape index (κ1) is 24.3. The van der Waals surface area contributed by atoms with Crippen LogP contribution in [0, 0.1) is 0 Å². The molecule has 0 amide bonds. The Balaban J connectivity index is -0.0000000733. The molecule has 14 heavy (non-hydrogen) atoms. The predicted octanol–water partition coefficient (Wildman–Crippen LogP) is -7.58. The summed E-state index contributed by atoms with van der Waals surface area (Å²) in [6, 6.07) is 0. The van der Waals surface area contributed by atoms with Gasteiger partial charge < -0.3 is 29.7 Å². The first-order valence-corrected chi connectivity index (χ1v) is 2.64. The van der Waals surface area contributed by atoms with Crippen LogP contribution in [0.1, 0.15) is 6.92 Å². The van der Waals surface area contributed by atoms with Crippen LogP contribution in [-0.2, 0) is 14.4 Å². The smallest absolute Gasteiger partial charge is 0.550 e. The molecule has 6 nitrogen and oxygen atoms in total. The van der Waals surface area contributed by atoms with Crippen LogP contribution in [0.15, 0.2) is 12.2 Å². The first-order chi connectivity index (χ1) is 5.36. The Morgan fingerprint density at radius 2 is 1.07 bits per heavy atom. The maximum atomic E-state index is 9.41. The van der Waals surface area contributed by atoms with Crippen molar-refractivity contribution in [2.24, 2.45) is 0 Å². The summed E-state index contributed by atoms with van der Waals surface area (Å²) in [4.78, 5) is 27.7. The van der Waals surface area contributed by atoms with Crippen molar-refractivity contribution in [1.29, 1.82) is 0 Å². The van der Waals surface area contributed by atoms with E-state index in [-0.39, 0.29) is 89.1 Å². The largest absolute Gasteiger partial charge is 2.00 e. The van der Waals surface area contributed by atoms with Gasteiger partial charge in [-0.05, 0) is 19.1 Å². The van der Waals surface area contributed by atoms with Crippen molar-refractivity contribution in [2.45, 2.75) is 6.92 Å². The number of aliphatic carboxylic acids is 3. The molecule has 0 aromatic carbocycles. The van der Waals surface area contributed by atoms with E-state index in [0.29, 0.717) is 12.2 Å².